The first-order valence-electron chi connectivity index (χ1n) is 6.72. The zero-order valence-electron chi connectivity index (χ0n) is 12.4. The van der Waals surface area contributed by atoms with Crippen LogP contribution in [0.3, 0.4) is 0 Å². The fraction of sp³-hybridized carbons (Fsp3) is 0.0588. The number of carbonyl (C=O) groups excluding carboxylic acids is 1. The molecular weight excluding hydrogens is 292 g/mol. The molecule has 0 saturated heterocycles. The lowest BCUT2D eigenvalue weighted by Crippen LogP contribution is -2.06. The van der Waals surface area contributed by atoms with Crippen molar-refractivity contribution in [1.29, 1.82) is 10.7 Å². The van der Waals surface area contributed by atoms with Crippen LogP contribution in [0.5, 0.6) is 0 Å². The molecule has 0 spiro atoms. The number of aryl methyl sites for hydroxylation is 1. The number of aldehydes is 1. The van der Waals surface area contributed by atoms with Gasteiger partial charge < -0.3 is 15.8 Å². The molecule has 114 valence electrons. The van der Waals surface area contributed by atoms with E-state index in [4.69, 9.17) is 10.7 Å². The van der Waals surface area contributed by atoms with Crippen molar-refractivity contribution in [1.82, 2.24) is 4.98 Å². The maximum Gasteiger partial charge on any atom is 0.199 e. The first kappa shape index (κ1) is 15.9. The Morgan fingerprint density at radius 1 is 1.39 bits per heavy atom. The normalized spacial score (nSPS) is 11.1. The van der Waals surface area contributed by atoms with Gasteiger partial charge in [0.25, 0.3) is 0 Å². The summed E-state index contributed by atoms with van der Waals surface area (Å²) in [4.78, 5) is 14.6. The summed E-state index contributed by atoms with van der Waals surface area (Å²) < 4.78 is 0. The number of aliphatic hydroxyl groups is 1. The molecular formula is C17H14N4O2. The van der Waals surface area contributed by atoms with Gasteiger partial charge in [0.05, 0.1) is 17.2 Å². The maximum absolute atomic E-state index is 10.6. The third-order valence-corrected chi connectivity index (χ3v) is 3.21. The highest BCUT2D eigenvalue weighted by molar-refractivity contribution is 6.10. The van der Waals surface area contributed by atoms with E-state index in [0.717, 1.165) is 11.8 Å². The van der Waals surface area contributed by atoms with E-state index in [-0.39, 0.29) is 11.5 Å². The molecule has 6 nitrogen and oxygen atoms in total. The standard InChI is InChI=1S/C17H14N4O2/c1-11-6-12(7-18)2-4-14(11)15(8-19)17(23)21-16-5-3-13(10-22)9-20-16/h2-6,8-10,19,23H,1H3,(H,20,21)/b17-15-,19-8?. The Kier molecular flexibility index (Phi) is 4.85. The van der Waals surface area contributed by atoms with Crippen molar-refractivity contribution in [3.63, 3.8) is 0 Å². The molecule has 0 radical (unpaired) electrons. The van der Waals surface area contributed by atoms with Crippen LogP contribution in [0.25, 0.3) is 5.57 Å². The van der Waals surface area contributed by atoms with Gasteiger partial charge in [-0.3, -0.25) is 4.79 Å². The molecule has 1 aromatic heterocycles. The lowest BCUT2D eigenvalue weighted by atomic mass is 9.99. The minimum absolute atomic E-state index is 0.237. The van der Waals surface area contributed by atoms with Gasteiger partial charge in [-0.2, -0.15) is 5.26 Å². The second-order valence-electron chi connectivity index (χ2n) is 4.77. The summed E-state index contributed by atoms with van der Waals surface area (Å²) in [5.74, 6) is 0.109. The molecule has 0 bridgehead atoms. The Morgan fingerprint density at radius 2 is 2.17 bits per heavy atom. The van der Waals surface area contributed by atoms with Crippen LogP contribution >= 0.6 is 0 Å². The van der Waals surface area contributed by atoms with Crippen molar-refractivity contribution in [3.05, 3.63) is 64.7 Å². The van der Waals surface area contributed by atoms with E-state index in [2.05, 4.69) is 10.3 Å². The van der Waals surface area contributed by atoms with Gasteiger partial charge in [-0.1, -0.05) is 6.07 Å². The van der Waals surface area contributed by atoms with Crippen molar-refractivity contribution >= 4 is 23.9 Å². The highest BCUT2D eigenvalue weighted by Gasteiger charge is 2.10. The molecule has 0 aliphatic rings. The lowest BCUT2D eigenvalue weighted by molar-refractivity contribution is 0.112. The number of nitrogens with one attached hydrogen (secondary N) is 2. The third kappa shape index (κ3) is 3.60. The van der Waals surface area contributed by atoms with Crippen LogP contribution in [0.2, 0.25) is 0 Å². The Morgan fingerprint density at radius 3 is 2.70 bits per heavy atom. The Labute approximate surface area is 133 Å². The summed E-state index contributed by atoms with van der Waals surface area (Å²) >= 11 is 0. The number of aliphatic hydroxyl groups excluding tert-OH is 1. The monoisotopic (exact) mass is 306 g/mol. The summed E-state index contributed by atoms with van der Waals surface area (Å²) in [6.45, 7) is 1.80. The van der Waals surface area contributed by atoms with Crippen molar-refractivity contribution in [3.8, 4) is 6.07 Å². The Bertz CT molecular complexity index is 817. The molecule has 2 rings (SSSR count). The van der Waals surface area contributed by atoms with Crippen molar-refractivity contribution < 1.29 is 9.90 Å². The summed E-state index contributed by atoms with van der Waals surface area (Å²) in [6.07, 6.45) is 3.08. The number of allylic oxidation sites excluding steroid dienone is 1. The molecule has 6 heteroatoms. The van der Waals surface area contributed by atoms with Crippen LogP contribution in [0.15, 0.2) is 42.4 Å². The molecule has 1 heterocycles. The number of carbonyl (C=O) groups is 1. The second kappa shape index (κ2) is 7.00. The van der Waals surface area contributed by atoms with Crippen LogP contribution in [-0.4, -0.2) is 22.6 Å². The van der Waals surface area contributed by atoms with Gasteiger partial charge >= 0.3 is 0 Å². The van der Waals surface area contributed by atoms with Gasteiger partial charge in [0, 0.05) is 18.0 Å². The van der Waals surface area contributed by atoms with E-state index in [9.17, 15) is 9.90 Å². The molecule has 0 saturated carbocycles. The van der Waals surface area contributed by atoms with Crippen LogP contribution in [-0.2, 0) is 0 Å². The van der Waals surface area contributed by atoms with E-state index in [1.807, 2.05) is 6.07 Å². The lowest BCUT2D eigenvalue weighted by Gasteiger charge is -2.11. The Balaban J connectivity index is 2.37. The number of hydrogen-bond acceptors (Lipinski definition) is 6. The number of benzene rings is 1. The van der Waals surface area contributed by atoms with Gasteiger partial charge in [0.15, 0.2) is 12.2 Å². The summed E-state index contributed by atoms with van der Waals surface area (Å²) in [7, 11) is 0. The molecule has 0 aliphatic carbocycles. The van der Waals surface area contributed by atoms with Crippen LogP contribution in [0, 0.1) is 23.7 Å². The summed E-state index contributed by atoms with van der Waals surface area (Å²) in [5, 5.41) is 29.4. The van der Waals surface area contributed by atoms with Crippen LogP contribution in [0.1, 0.15) is 27.0 Å². The fourth-order valence-corrected chi connectivity index (χ4v) is 2.05. The largest absolute Gasteiger partial charge is 0.494 e. The molecule has 0 fully saturated rings. The molecule has 0 atom stereocenters. The van der Waals surface area contributed by atoms with E-state index < -0.39 is 0 Å². The number of aromatic nitrogens is 1. The van der Waals surface area contributed by atoms with Gasteiger partial charge in [-0.25, -0.2) is 4.98 Å². The van der Waals surface area contributed by atoms with Crippen molar-refractivity contribution in [2.24, 2.45) is 0 Å². The molecule has 0 unspecified atom stereocenters. The SMILES string of the molecule is Cc1cc(C#N)ccc1/C(C=N)=C(\O)Nc1ccc(C=O)cn1. The summed E-state index contributed by atoms with van der Waals surface area (Å²) in [5.41, 5.74) is 2.60. The number of anilines is 1. The zero-order chi connectivity index (χ0) is 16.8. The van der Waals surface area contributed by atoms with Gasteiger partial charge in [-0.15, -0.1) is 0 Å². The Hall–Kier alpha value is -3.46. The van der Waals surface area contributed by atoms with E-state index in [1.54, 1.807) is 37.3 Å². The molecule has 2 aromatic rings. The van der Waals surface area contributed by atoms with E-state index in [0.29, 0.717) is 28.8 Å². The maximum atomic E-state index is 10.6. The van der Waals surface area contributed by atoms with Crippen LogP contribution in [0.4, 0.5) is 5.82 Å². The van der Waals surface area contributed by atoms with Crippen molar-refractivity contribution in [2.75, 3.05) is 5.32 Å². The molecule has 23 heavy (non-hydrogen) atoms. The number of rotatable bonds is 5. The summed E-state index contributed by atoms with van der Waals surface area (Å²) in [6, 6.07) is 10.1. The van der Waals surface area contributed by atoms with Gasteiger partial charge in [0.2, 0.25) is 0 Å². The second-order valence-corrected chi connectivity index (χ2v) is 4.77. The molecule has 0 aliphatic heterocycles. The first-order chi connectivity index (χ1) is 11.1. The number of nitrogens with zero attached hydrogens (tertiary/aromatic N) is 2. The minimum atomic E-state index is -0.237. The predicted octanol–water partition coefficient (Wildman–Crippen LogP) is 3.06. The fourth-order valence-electron chi connectivity index (χ4n) is 2.05. The first-order valence-corrected chi connectivity index (χ1v) is 6.72. The quantitative estimate of drug-likeness (QED) is 0.447. The molecule has 0 amide bonds. The third-order valence-electron chi connectivity index (χ3n) is 3.21. The highest BCUT2D eigenvalue weighted by Crippen LogP contribution is 2.21. The smallest absolute Gasteiger partial charge is 0.199 e. The number of pyridine rings is 1. The average molecular weight is 306 g/mol. The average Bonchev–Trinajstić information content (AvgIpc) is 2.57. The molecule has 3 N–H and O–H groups in total. The topological polar surface area (TPSA) is 110 Å². The zero-order valence-corrected chi connectivity index (χ0v) is 12.4. The van der Waals surface area contributed by atoms with Crippen LogP contribution < -0.4 is 5.32 Å². The van der Waals surface area contributed by atoms with E-state index in [1.165, 1.54) is 6.20 Å². The van der Waals surface area contributed by atoms with Crippen molar-refractivity contribution in [2.45, 2.75) is 6.92 Å². The molecule has 1 aromatic carbocycles. The minimum Gasteiger partial charge on any atom is -0.494 e. The number of hydrogen-bond donors (Lipinski definition) is 3. The number of nitriles is 1. The van der Waals surface area contributed by atoms with E-state index >= 15 is 0 Å². The highest BCUT2D eigenvalue weighted by atomic mass is 16.3. The van der Waals surface area contributed by atoms with Gasteiger partial charge in [0.1, 0.15) is 5.82 Å². The van der Waals surface area contributed by atoms with Gasteiger partial charge in [-0.05, 0) is 42.3 Å². The predicted molar refractivity (Wildman–Crippen MR) is 87.5 cm³/mol.